The first-order valence-corrected chi connectivity index (χ1v) is 10.3. The molecule has 0 unspecified atom stereocenters. The fourth-order valence-electron chi connectivity index (χ4n) is 4.42. The molecule has 1 saturated heterocycles. The number of carbonyl (C=O) groups excluding carboxylic acids is 2. The van der Waals surface area contributed by atoms with Crippen LogP contribution in [0.2, 0.25) is 0 Å². The maximum absolute atomic E-state index is 13.1. The van der Waals surface area contributed by atoms with Gasteiger partial charge in [0, 0.05) is 43.3 Å². The van der Waals surface area contributed by atoms with Crippen molar-refractivity contribution in [1.82, 2.24) is 15.1 Å². The van der Waals surface area contributed by atoms with E-state index in [-0.39, 0.29) is 11.7 Å². The van der Waals surface area contributed by atoms with E-state index in [9.17, 15) is 9.59 Å². The molecule has 0 atom stereocenters. The van der Waals surface area contributed by atoms with Crippen molar-refractivity contribution >= 4 is 11.7 Å². The molecule has 1 N–H and O–H groups in total. The molecule has 3 heterocycles. The number of Topliss-reactive ketones (excluding diaryl/α,β-unsaturated/α-hetero) is 1. The van der Waals surface area contributed by atoms with Crippen molar-refractivity contribution in [3.05, 3.63) is 71.4 Å². The first kappa shape index (κ1) is 18.6. The number of hydrogen-bond acceptors (Lipinski definition) is 4. The average molecular weight is 401 g/mol. The summed E-state index contributed by atoms with van der Waals surface area (Å²) in [5.74, 6) is 0.801. The van der Waals surface area contributed by atoms with E-state index in [1.54, 1.807) is 6.20 Å². The summed E-state index contributed by atoms with van der Waals surface area (Å²) < 4.78 is 6.32. The Morgan fingerprint density at radius 2 is 1.97 bits per heavy atom. The van der Waals surface area contributed by atoms with Gasteiger partial charge in [-0.3, -0.25) is 14.7 Å². The number of ether oxygens (including phenoxy) is 1. The molecule has 0 saturated carbocycles. The zero-order valence-corrected chi connectivity index (χ0v) is 16.9. The highest BCUT2D eigenvalue weighted by Gasteiger charge is 2.43. The SMILES string of the molecule is Cc1ccc2c(c1)C(=O)CC1(CCN(C(=O)c3cccc(-c4cc[nH]n4)c3)CC1)O2. The topological polar surface area (TPSA) is 75.3 Å². The van der Waals surface area contributed by atoms with Crippen LogP contribution in [-0.2, 0) is 0 Å². The second kappa shape index (κ2) is 7.13. The van der Waals surface area contributed by atoms with Crippen LogP contribution in [0.1, 0.15) is 45.5 Å². The third-order valence-electron chi connectivity index (χ3n) is 6.11. The summed E-state index contributed by atoms with van der Waals surface area (Å²) in [7, 11) is 0. The van der Waals surface area contributed by atoms with Crippen molar-refractivity contribution in [1.29, 1.82) is 0 Å². The molecule has 2 aliphatic rings. The highest BCUT2D eigenvalue weighted by molar-refractivity contribution is 6.00. The number of H-pyrrole nitrogens is 1. The van der Waals surface area contributed by atoms with Gasteiger partial charge >= 0.3 is 0 Å². The second-order valence-corrected chi connectivity index (χ2v) is 8.22. The van der Waals surface area contributed by atoms with E-state index in [0.717, 1.165) is 16.8 Å². The van der Waals surface area contributed by atoms with Gasteiger partial charge in [0.25, 0.3) is 5.91 Å². The lowest BCUT2D eigenvalue weighted by atomic mass is 9.82. The molecule has 5 rings (SSSR count). The minimum absolute atomic E-state index is 0.000367. The first-order chi connectivity index (χ1) is 14.5. The molecule has 1 amide bonds. The Balaban J connectivity index is 1.31. The summed E-state index contributed by atoms with van der Waals surface area (Å²) >= 11 is 0. The predicted octanol–water partition coefficient (Wildman–Crippen LogP) is 4.03. The van der Waals surface area contributed by atoms with Crippen LogP contribution in [0.4, 0.5) is 0 Å². The van der Waals surface area contributed by atoms with Crippen molar-refractivity contribution in [2.75, 3.05) is 13.1 Å². The monoisotopic (exact) mass is 401 g/mol. The molecule has 0 radical (unpaired) electrons. The van der Waals surface area contributed by atoms with Crippen LogP contribution in [0.15, 0.2) is 54.7 Å². The molecule has 0 bridgehead atoms. The number of fused-ring (bicyclic) bond motifs is 1. The maximum Gasteiger partial charge on any atom is 0.253 e. The molecule has 1 spiro atoms. The average Bonchev–Trinajstić information content (AvgIpc) is 3.30. The minimum Gasteiger partial charge on any atom is -0.486 e. The number of nitrogens with one attached hydrogen (secondary N) is 1. The number of aryl methyl sites for hydroxylation is 1. The fourth-order valence-corrected chi connectivity index (χ4v) is 4.42. The molecule has 6 heteroatoms. The molecule has 0 aliphatic carbocycles. The molecule has 1 aromatic heterocycles. The summed E-state index contributed by atoms with van der Waals surface area (Å²) in [4.78, 5) is 27.7. The molecule has 1 fully saturated rings. The number of likely N-dealkylation sites (tertiary alicyclic amines) is 1. The van der Waals surface area contributed by atoms with Crippen LogP contribution >= 0.6 is 0 Å². The van der Waals surface area contributed by atoms with Crippen molar-refractivity contribution < 1.29 is 14.3 Å². The molecule has 152 valence electrons. The van der Waals surface area contributed by atoms with Gasteiger partial charge in [-0.2, -0.15) is 5.10 Å². The summed E-state index contributed by atoms with van der Waals surface area (Å²) in [5.41, 5.74) is 3.59. The number of aromatic amines is 1. The smallest absolute Gasteiger partial charge is 0.253 e. The molecular formula is C24H23N3O3. The summed E-state index contributed by atoms with van der Waals surface area (Å²) in [6.07, 6.45) is 3.44. The first-order valence-electron chi connectivity index (χ1n) is 10.3. The highest BCUT2D eigenvalue weighted by atomic mass is 16.5. The Labute approximate surface area is 174 Å². The zero-order chi connectivity index (χ0) is 20.7. The molecule has 2 aromatic carbocycles. The molecule has 3 aromatic rings. The fraction of sp³-hybridized carbons (Fsp3) is 0.292. The largest absolute Gasteiger partial charge is 0.486 e. The Morgan fingerprint density at radius 1 is 1.13 bits per heavy atom. The van der Waals surface area contributed by atoms with Gasteiger partial charge in [0.1, 0.15) is 11.4 Å². The third-order valence-corrected chi connectivity index (χ3v) is 6.11. The maximum atomic E-state index is 13.1. The lowest BCUT2D eigenvalue weighted by Crippen LogP contribution is -2.52. The molecule has 2 aliphatic heterocycles. The van der Waals surface area contributed by atoms with Crippen molar-refractivity contribution in [3.8, 4) is 17.0 Å². The number of aromatic nitrogens is 2. The van der Waals surface area contributed by atoms with E-state index in [1.165, 1.54) is 0 Å². The van der Waals surface area contributed by atoms with Gasteiger partial charge in [0.05, 0.1) is 17.7 Å². The van der Waals surface area contributed by atoms with Gasteiger partial charge in [0.2, 0.25) is 0 Å². The molecule has 6 nitrogen and oxygen atoms in total. The van der Waals surface area contributed by atoms with E-state index < -0.39 is 5.60 Å². The van der Waals surface area contributed by atoms with Crippen LogP contribution in [0, 0.1) is 6.92 Å². The quantitative estimate of drug-likeness (QED) is 0.704. The molecular weight excluding hydrogens is 378 g/mol. The van der Waals surface area contributed by atoms with E-state index >= 15 is 0 Å². The van der Waals surface area contributed by atoms with Crippen molar-refractivity contribution in [2.45, 2.75) is 31.8 Å². The zero-order valence-electron chi connectivity index (χ0n) is 16.9. The van der Waals surface area contributed by atoms with Gasteiger partial charge in [0.15, 0.2) is 5.78 Å². The lowest BCUT2D eigenvalue weighted by molar-refractivity contribution is -0.00572. The number of amides is 1. The van der Waals surface area contributed by atoms with Gasteiger partial charge in [-0.25, -0.2) is 0 Å². The normalized spacial score (nSPS) is 17.5. The van der Waals surface area contributed by atoms with Gasteiger partial charge in [-0.1, -0.05) is 23.8 Å². The number of carbonyl (C=O) groups is 2. The highest BCUT2D eigenvalue weighted by Crippen LogP contribution is 2.39. The van der Waals surface area contributed by atoms with Gasteiger partial charge < -0.3 is 9.64 Å². The van der Waals surface area contributed by atoms with E-state index in [0.29, 0.717) is 49.2 Å². The Morgan fingerprint density at radius 3 is 2.73 bits per heavy atom. The van der Waals surface area contributed by atoms with E-state index in [2.05, 4.69) is 10.2 Å². The summed E-state index contributed by atoms with van der Waals surface area (Å²) in [5, 5.41) is 6.99. The Hall–Kier alpha value is -3.41. The second-order valence-electron chi connectivity index (χ2n) is 8.22. The number of hydrogen-bond donors (Lipinski definition) is 1. The summed E-state index contributed by atoms with van der Waals surface area (Å²) in [6, 6.07) is 15.2. The standard InChI is InChI=1S/C24H23N3O3/c1-16-5-6-22-19(13-16)21(28)15-24(30-22)8-11-27(12-9-24)23(29)18-4-2-3-17(14-18)20-7-10-25-26-20/h2-7,10,13-14H,8-9,11-12,15H2,1H3,(H,25,26). The number of piperidine rings is 1. The predicted molar refractivity (Wildman–Crippen MR) is 113 cm³/mol. The summed E-state index contributed by atoms with van der Waals surface area (Å²) in [6.45, 7) is 3.11. The van der Waals surface area contributed by atoms with Crippen molar-refractivity contribution in [3.63, 3.8) is 0 Å². The number of benzene rings is 2. The van der Waals surface area contributed by atoms with E-state index in [1.807, 2.05) is 60.4 Å². The number of nitrogens with zero attached hydrogens (tertiary/aromatic N) is 2. The minimum atomic E-state index is -0.507. The van der Waals surface area contributed by atoms with E-state index in [4.69, 9.17) is 4.74 Å². The van der Waals surface area contributed by atoms with Crippen LogP contribution < -0.4 is 4.74 Å². The number of rotatable bonds is 2. The Bertz CT molecular complexity index is 1110. The van der Waals surface area contributed by atoms with Gasteiger partial charge in [-0.05, 0) is 37.3 Å². The Kier molecular flexibility index (Phi) is 4.42. The van der Waals surface area contributed by atoms with Crippen LogP contribution in [0.25, 0.3) is 11.3 Å². The van der Waals surface area contributed by atoms with Crippen LogP contribution in [0.3, 0.4) is 0 Å². The van der Waals surface area contributed by atoms with Gasteiger partial charge in [-0.15, -0.1) is 0 Å². The van der Waals surface area contributed by atoms with Crippen LogP contribution in [0.5, 0.6) is 5.75 Å². The molecule has 30 heavy (non-hydrogen) atoms. The number of ketones is 1. The van der Waals surface area contributed by atoms with Crippen LogP contribution in [-0.4, -0.2) is 45.5 Å². The lowest BCUT2D eigenvalue weighted by Gasteiger charge is -2.44. The third kappa shape index (κ3) is 3.28. The van der Waals surface area contributed by atoms with Crippen molar-refractivity contribution in [2.24, 2.45) is 0 Å².